The normalized spacial score (nSPS) is 15.3. The van der Waals surface area contributed by atoms with Gasteiger partial charge in [0.1, 0.15) is 0 Å². The molecule has 1 aromatic carbocycles. The van der Waals surface area contributed by atoms with E-state index in [1.807, 2.05) is 6.92 Å². The van der Waals surface area contributed by atoms with Gasteiger partial charge in [-0.25, -0.2) is 14.5 Å². The Morgan fingerprint density at radius 3 is 2.97 bits per heavy atom. The minimum atomic E-state index is -0.596. The zero-order valence-corrected chi connectivity index (χ0v) is 17.9. The third-order valence-electron chi connectivity index (χ3n) is 4.64. The number of carbonyl (C=O) groups is 1. The van der Waals surface area contributed by atoms with Crippen LogP contribution >= 0.6 is 11.6 Å². The molecule has 0 bridgehead atoms. The summed E-state index contributed by atoms with van der Waals surface area (Å²) in [4.78, 5) is 16.5. The fourth-order valence-electron chi connectivity index (χ4n) is 2.71. The fourth-order valence-corrected chi connectivity index (χ4v) is 2.91. The van der Waals surface area contributed by atoms with Gasteiger partial charge < -0.3 is 26.8 Å². The second-order valence-corrected chi connectivity index (χ2v) is 7.69. The molecule has 0 unspecified atom stereocenters. The molecule has 2 aromatic rings. The van der Waals surface area contributed by atoms with Crippen molar-refractivity contribution in [3.8, 4) is 0 Å². The highest BCUT2D eigenvalue weighted by Gasteiger charge is 2.21. The van der Waals surface area contributed by atoms with Gasteiger partial charge in [0.2, 0.25) is 0 Å². The summed E-state index contributed by atoms with van der Waals surface area (Å²) in [5.74, 6) is 0.368. The monoisotopic (exact) mass is 443 g/mol. The largest absolute Gasteiger partial charge is 0.394 e. The molecule has 0 spiro atoms. The summed E-state index contributed by atoms with van der Waals surface area (Å²) in [5.41, 5.74) is 8.34. The van der Waals surface area contributed by atoms with Gasteiger partial charge in [-0.15, -0.1) is 0 Å². The number of aliphatic hydroxyl groups is 1. The minimum absolute atomic E-state index is 0.271. The van der Waals surface area contributed by atoms with Gasteiger partial charge >= 0.3 is 6.03 Å². The number of guanidine groups is 1. The molecule has 1 aliphatic rings. The second-order valence-electron chi connectivity index (χ2n) is 7.25. The number of nitrogens with one attached hydrogen (secondary N) is 3. The topological polar surface area (TPSA) is 130 Å². The second kappa shape index (κ2) is 10.1. The van der Waals surface area contributed by atoms with Gasteiger partial charge in [-0.1, -0.05) is 30.3 Å². The molecule has 9 nitrogen and oxygen atoms in total. The van der Waals surface area contributed by atoms with Crippen LogP contribution in [-0.4, -0.2) is 39.5 Å². The van der Waals surface area contributed by atoms with E-state index in [-0.39, 0.29) is 6.61 Å². The van der Waals surface area contributed by atoms with E-state index in [2.05, 4.69) is 32.6 Å². The molecule has 3 rings (SSSR count). The van der Waals surface area contributed by atoms with Crippen LogP contribution < -0.4 is 21.7 Å². The molecule has 1 atom stereocenters. The van der Waals surface area contributed by atoms with Crippen LogP contribution in [0.5, 0.6) is 0 Å². The quantitative estimate of drug-likeness (QED) is 0.243. The summed E-state index contributed by atoms with van der Waals surface area (Å²) in [6.45, 7) is 5.58. The molecule has 31 heavy (non-hydrogen) atoms. The van der Waals surface area contributed by atoms with E-state index >= 15 is 0 Å². The van der Waals surface area contributed by atoms with Crippen molar-refractivity contribution in [2.24, 2.45) is 10.7 Å². The molecular weight excluding hydrogens is 418 g/mol. The first-order chi connectivity index (χ1) is 14.9. The number of urea groups is 1. The Morgan fingerprint density at radius 2 is 2.29 bits per heavy atom. The van der Waals surface area contributed by atoms with Crippen molar-refractivity contribution in [3.63, 3.8) is 0 Å². The molecular formula is C21H26ClN7O2. The summed E-state index contributed by atoms with van der Waals surface area (Å²) < 4.78 is 1.53. The molecule has 1 aromatic heterocycles. The van der Waals surface area contributed by atoms with Gasteiger partial charge in [-0.05, 0) is 43.0 Å². The van der Waals surface area contributed by atoms with Crippen molar-refractivity contribution in [2.45, 2.75) is 31.8 Å². The molecule has 2 amide bonds. The minimum Gasteiger partial charge on any atom is -0.394 e. The molecule has 10 heteroatoms. The van der Waals surface area contributed by atoms with Gasteiger partial charge in [0, 0.05) is 17.3 Å². The Labute approximate surface area is 185 Å². The molecule has 1 fully saturated rings. The number of aromatic nitrogens is 2. The molecule has 0 radical (unpaired) electrons. The van der Waals surface area contributed by atoms with Gasteiger partial charge in [0.15, 0.2) is 5.96 Å². The lowest BCUT2D eigenvalue weighted by Gasteiger charge is -2.17. The van der Waals surface area contributed by atoms with E-state index in [1.165, 1.54) is 10.9 Å². The first kappa shape index (κ1) is 22.4. The lowest BCUT2D eigenvalue weighted by atomic mass is 10.1. The van der Waals surface area contributed by atoms with Crippen molar-refractivity contribution in [3.05, 3.63) is 65.6 Å². The van der Waals surface area contributed by atoms with Crippen LogP contribution in [0.25, 0.3) is 5.70 Å². The smallest absolute Gasteiger partial charge is 0.319 e. The number of hydrogen-bond acceptors (Lipinski definition) is 4. The number of benzene rings is 1. The molecule has 0 saturated heterocycles. The predicted octanol–water partition coefficient (Wildman–Crippen LogP) is 2.83. The zero-order chi connectivity index (χ0) is 22.4. The van der Waals surface area contributed by atoms with Gasteiger partial charge in [0.25, 0.3) is 0 Å². The highest BCUT2D eigenvalue weighted by atomic mass is 35.5. The average molecular weight is 444 g/mol. The van der Waals surface area contributed by atoms with E-state index < -0.39 is 12.1 Å². The van der Waals surface area contributed by atoms with Crippen LogP contribution in [-0.2, 0) is 0 Å². The van der Waals surface area contributed by atoms with E-state index in [4.69, 9.17) is 17.3 Å². The van der Waals surface area contributed by atoms with E-state index in [0.29, 0.717) is 34.0 Å². The van der Waals surface area contributed by atoms with Gasteiger partial charge in [-0.2, -0.15) is 5.10 Å². The number of anilines is 1. The highest BCUT2D eigenvalue weighted by molar-refractivity contribution is 6.30. The maximum absolute atomic E-state index is 12.3. The maximum atomic E-state index is 12.3. The Morgan fingerprint density at radius 1 is 1.52 bits per heavy atom. The third kappa shape index (κ3) is 6.59. The standard InChI is InChI=1S/C21H26ClN7O2/c1-13(9-24-20(23)26-17-6-7-17)14(2)29-11-18(10-25-29)27-21(31)28-19(12-30)15-4-3-5-16(22)8-15/h3-5,8-11,17,19,30H,2,6-7,12H2,1H3,(H3,23,24,26)(H2,27,28,31)/b13-9-/t19-/m1/s1. The predicted molar refractivity (Wildman–Crippen MR) is 123 cm³/mol. The SMILES string of the molecule is C=C(/C(C)=C\N=C(/N)NC1CC1)n1cc(NC(=O)N[C@H](CO)c2cccc(Cl)c2)cn1. The van der Waals surface area contributed by atoms with Crippen LogP contribution in [0.1, 0.15) is 31.4 Å². The van der Waals surface area contributed by atoms with Crippen molar-refractivity contribution >= 4 is 35.0 Å². The van der Waals surface area contributed by atoms with Crippen LogP contribution in [0.2, 0.25) is 5.02 Å². The Balaban J connectivity index is 1.58. The number of allylic oxidation sites excluding steroid dienone is 2. The van der Waals surface area contributed by atoms with E-state index in [0.717, 1.165) is 18.4 Å². The molecule has 1 heterocycles. The van der Waals surface area contributed by atoms with Crippen molar-refractivity contribution in [2.75, 3.05) is 11.9 Å². The molecule has 6 N–H and O–H groups in total. The number of carbonyl (C=O) groups excluding carboxylic acids is 1. The summed E-state index contributed by atoms with van der Waals surface area (Å²) in [5, 5.41) is 22.9. The lowest BCUT2D eigenvalue weighted by molar-refractivity contribution is 0.225. The number of halogens is 1. The first-order valence-electron chi connectivity index (χ1n) is 9.80. The number of nitrogens with two attached hydrogens (primary N) is 1. The number of hydrogen-bond donors (Lipinski definition) is 5. The summed E-state index contributed by atoms with van der Waals surface area (Å²) in [6.07, 6.45) is 6.96. The van der Waals surface area contributed by atoms with E-state index in [1.54, 1.807) is 36.7 Å². The number of aliphatic imine (C=N–C) groups is 1. The zero-order valence-electron chi connectivity index (χ0n) is 17.2. The molecule has 1 aliphatic carbocycles. The van der Waals surface area contributed by atoms with Crippen LogP contribution in [0, 0.1) is 0 Å². The molecule has 1 saturated carbocycles. The van der Waals surface area contributed by atoms with Crippen molar-refractivity contribution in [1.29, 1.82) is 0 Å². The summed E-state index contributed by atoms with van der Waals surface area (Å²) >= 11 is 5.98. The average Bonchev–Trinajstić information content (AvgIpc) is 3.44. The number of aliphatic hydroxyl groups excluding tert-OH is 1. The Kier molecular flexibility index (Phi) is 7.32. The first-order valence-corrected chi connectivity index (χ1v) is 10.2. The number of rotatable bonds is 8. The molecule has 0 aliphatic heterocycles. The highest BCUT2D eigenvalue weighted by Crippen LogP contribution is 2.20. The summed E-state index contributed by atoms with van der Waals surface area (Å²) in [7, 11) is 0. The van der Waals surface area contributed by atoms with Crippen molar-refractivity contribution < 1.29 is 9.90 Å². The molecule has 164 valence electrons. The summed E-state index contributed by atoms with van der Waals surface area (Å²) in [6, 6.07) is 6.29. The van der Waals surface area contributed by atoms with Crippen molar-refractivity contribution in [1.82, 2.24) is 20.4 Å². The van der Waals surface area contributed by atoms with Crippen LogP contribution in [0.4, 0.5) is 10.5 Å². The lowest BCUT2D eigenvalue weighted by Crippen LogP contribution is -2.34. The Hall–Kier alpha value is -3.30. The number of amides is 2. The number of nitrogens with zero attached hydrogens (tertiary/aromatic N) is 3. The van der Waals surface area contributed by atoms with Crippen LogP contribution in [0.3, 0.4) is 0 Å². The fraction of sp³-hybridized carbons (Fsp3) is 0.286. The Bertz CT molecular complexity index is 1010. The third-order valence-corrected chi connectivity index (χ3v) is 4.87. The van der Waals surface area contributed by atoms with Gasteiger partial charge in [-0.3, -0.25) is 0 Å². The van der Waals surface area contributed by atoms with Gasteiger partial charge in [0.05, 0.1) is 36.4 Å². The van der Waals surface area contributed by atoms with E-state index in [9.17, 15) is 9.90 Å². The maximum Gasteiger partial charge on any atom is 0.319 e. The van der Waals surface area contributed by atoms with Crippen LogP contribution in [0.15, 0.2) is 60.0 Å².